The number of hydrogen-bond acceptors (Lipinski definition) is 2. The van der Waals surface area contributed by atoms with Gasteiger partial charge >= 0.3 is 0 Å². The van der Waals surface area contributed by atoms with Crippen molar-refractivity contribution in [2.24, 2.45) is 0 Å². The minimum Gasteiger partial charge on any atom is -0.346 e. The molecule has 1 aromatic heterocycles. The molecule has 0 amide bonds. The Balaban J connectivity index is 2.61. The molecule has 2 rings (SSSR count). The largest absolute Gasteiger partial charge is 0.346 e. The number of aromatic nitrogens is 1. The van der Waals surface area contributed by atoms with E-state index in [9.17, 15) is 12.8 Å². The Morgan fingerprint density at radius 2 is 2.16 bits per heavy atom. The molecule has 0 saturated carbocycles. The van der Waals surface area contributed by atoms with E-state index in [0.29, 0.717) is 12.1 Å². The third-order valence-electron chi connectivity index (χ3n) is 2.89. The number of rotatable bonds is 5. The van der Waals surface area contributed by atoms with Crippen molar-refractivity contribution in [3.63, 3.8) is 0 Å². The number of unbranched alkanes of at least 4 members (excludes halogenated alkanes) is 1. The lowest BCUT2D eigenvalue weighted by Crippen LogP contribution is -1.95. The second-order valence-corrected chi connectivity index (χ2v) is 6.72. The van der Waals surface area contributed by atoms with Crippen LogP contribution in [-0.4, -0.2) is 13.0 Å². The summed E-state index contributed by atoms with van der Waals surface area (Å²) in [6, 6.07) is 4.45. The summed E-state index contributed by atoms with van der Waals surface area (Å²) >= 11 is 0. The Morgan fingerprint density at radius 1 is 1.42 bits per heavy atom. The molecule has 6 heteroatoms. The Labute approximate surface area is 115 Å². The fourth-order valence-corrected chi connectivity index (χ4v) is 3.10. The lowest BCUT2D eigenvalue weighted by molar-refractivity contribution is 0.607. The third kappa shape index (κ3) is 2.82. The highest BCUT2D eigenvalue weighted by Gasteiger charge is 2.21. The minimum absolute atomic E-state index is 0.0519. The predicted molar refractivity (Wildman–Crippen MR) is 74.4 cm³/mol. The third-order valence-corrected chi connectivity index (χ3v) is 4.22. The minimum atomic E-state index is -3.97. The van der Waals surface area contributed by atoms with Gasteiger partial charge in [0.05, 0.1) is 10.9 Å². The molecule has 2 aromatic rings. The monoisotopic (exact) mass is 301 g/mol. The highest BCUT2D eigenvalue weighted by Crippen LogP contribution is 2.30. The van der Waals surface area contributed by atoms with Gasteiger partial charge < -0.3 is 4.57 Å². The van der Waals surface area contributed by atoms with Crippen LogP contribution in [0.3, 0.4) is 0 Å². The first-order valence-corrected chi connectivity index (χ1v) is 8.09. The zero-order valence-corrected chi connectivity index (χ0v) is 11.7. The van der Waals surface area contributed by atoms with Crippen molar-refractivity contribution in [1.82, 2.24) is 4.57 Å². The average Bonchev–Trinajstić information content (AvgIpc) is 2.70. The van der Waals surface area contributed by atoms with E-state index in [0.717, 1.165) is 12.8 Å². The molecule has 0 fully saturated rings. The van der Waals surface area contributed by atoms with Gasteiger partial charge in [0.15, 0.2) is 0 Å². The van der Waals surface area contributed by atoms with Crippen LogP contribution >= 0.6 is 10.7 Å². The van der Waals surface area contributed by atoms with Crippen molar-refractivity contribution in [2.75, 3.05) is 0 Å². The van der Waals surface area contributed by atoms with Crippen LogP contribution in [0.2, 0.25) is 0 Å². The summed E-state index contributed by atoms with van der Waals surface area (Å²) in [7, 11) is 1.39. The number of fused-ring (bicyclic) bond motifs is 1. The quantitative estimate of drug-likeness (QED) is 0.480. The number of benzene rings is 1. The van der Waals surface area contributed by atoms with Crippen molar-refractivity contribution in [1.29, 1.82) is 0 Å². The molecule has 3 nitrogen and oxygen atoms in total. The van der Waals surface area contributed by atoms with Crippen LogP contribution in [-0.2, 0) is 15.6 Å². The molecule has 0 atom stereocenters. The van der Waals surface area contributed by atoms with Crippen molar-refractivity contribution in [3.8, 4) is 0 Å². The fraction of sp³-hybridized carbons (Fsp3) is 0.231. The summed E-state index contributed by atoms with van der Waals surface area (Å²) in [5, 5.41) is 0.0519. The zero-order valence-electron chi connectivity index (χ0n) is 10.1. The molecule has 1 aromatic carbocycles. The molecule has 0 unspecified atom stereocenters. The normalized spacial score (nSPS) is 11.9. The van der Waals surface area contributed by atoms with E-state index < -0.39 is 14.9 Å². The van der Waals surface area contributed by atoms with Crippen LogP contribution in [0, 0.1) is 5.82 Å². The predicted octanol–water partition coefficient (Wildman–Crippen LogP) is 3.67. The second kappa shape index (κ2) is 5.35. The molecule has 0 aliphatic heterocycles. The van der Waals surface area contributed by atoms with Crippen molar-refractivity contribution >= 4 is 30.6 Å². The lowest BCUT2D eigenvalue weighted by Gasteiger charge is -2.03. The molecule has 0 bridgehead atoms. The molecule has 0 spiro atoms. The van der Waals surface area contributed by atoms with Crippen molar-refractivity contribution < 1.29 is 12.8 Å². The van der Waals surface area contributed by atoms with Crippen LogP contribution in [0.5, 0.6) is 0 Å². The highest BCUT2D eigenvalue weighted by molar-refractivity contribution is 8.14. The van der Waals surface area contributed by atoms with Gasteiger partial charge in [-0.15, -0.1) is 6.58 Å². The molecule has 0 N–H and O–H groups in total. The summed E-state index contributed by atoms with van der Waals surface area (Å²) in [5.41, 5.74) is 0.531. The maximum absolute atomic E-state index is 13.8. The molecule has 0 aliphatic carbocycles. The first kappa shape index (κ1) is 14.1. The smallest absolute Gasteiger partial charge is 0.263 e. The van der Waals surface area contributed by atoms with E-state index in [1.807, 2.05) is 0 Å². The Bertz CT molecular complexity index is 722. The van der Waals surface area contributed by atoms with E-state index in [4.69, 9.17) is 10.7 Å². The number of hydrogen-bond donors (Lipinski definition) is 0. The van der Waals surface area contributed by atoms with Gasteiger partial charge in [-0.25, -0.2) is 12.8 Å². The standard InChI is InChI=1S/C13H13ClFNO2S/c1-2-3-4-8-16-9-12(19(14,17)18)13-10(15)6-5-7-11(13)16/h2,5-7,9H,1,3-4,8H2. The van der Waals surface area contributed by atoms with Gasteiger partial charge in [0.25, 0.3) is 9.05 Å². The molecule has 0 aliphatic rings. The highest BCUT2D eigenvalue weighted by atomic mass is 35.7. The van der Waals surface area contributed by atoms with Gasteiger partial charge in [-0.2, -0.15) is 0 Å². The van der Waals surface area contributed by atoms with Gasteiger partial charge in [-0.1, -0.05) is 12.1 Å². The topological polar surface area (TPSA) is 39.1 Å². The Kier molecular flexibility index (Phi) is 3.96. The number of allylic oxidation sites excluding steroid dienone is 1. The molecule has 0 saturated heterocycles. The first-order chi connectivity index (χ1) is 8.95. The van der Waals surface area contributed by atoms with E-state index in [-0.39, 0.29) is 10.3 Å². The molecule has 1 heterocycles. The lowest BCUT2D eigenvalue weighted by atomic mass is 10.2. The summed E-state index contributed by atoms with van der Waals surface area (Å²) in [4.78, 5) is -0.180. The Morgan fingerprint density at radius 3 is 2.79 bits per heavy atom. The number of aryl methyl sites for hydroxylation is 1. The first-order valence-electron chi connectivity index (χ1n) is 5.78. The zero-order chi connectivity index (χ0) is 14.0. The van der Waals surface area contributed by atoms with Crippen LogP contribution in [0.4, 0.5) is 4.39 Å². The van der Waals surface area contributed by atoms with Gasteiger partial charge in [0, 0.05) is 23.4 Å². The van der Waals surface area contributed by atoms with Crippen molar-refractivity contribution in [2.45, 2.75) is 24.3 Å². The molecule has 102 valence electrons. The van der Waals surface area contributed by atoms with Crippen LogP contribution in [0.1, 0.15) is 12.8 Å². The van der Waals surface area contributed by atoms with Gasteiger partial charge in [0.2, 0.25) is 0 Å². The summed E-state index contributed by atoms with van der Waals surface area (Å²) in [6.45, 7) is 4.21. The average molecular weight is 302 g/mol. The van der Waals surface area contributed by atoms with Crippen LogP contribution in [0.25, 0.3) is 10.9 Å². The van der Waals surface area contributed by atoms with Gasteiger partial charge in [-0.3, -0.25) is 0 Å². The Hall–Kier alpha value is -1.33. The summed E-state index contributed by atoms with van der Waals surface area (Å²) in [6.07, 6.45) is 4.77. The molecular formula is C13H13ClFNO2S. The maximum Gasteiger partial charge on any atom is 0.263 e. The van der Waals surface area contributed by atoms with Crippen LogP contribution in [0.15, 0.2) is 41.9 Å². The summed E-state index contributed by atoms with van der Waals surface area (Å²) < 4.78 is 38.6. The number of halogens is 2. The molecule has 0 radical (unpaired) electrons. The number of nitrogens with zero attached hydrogens (tertiary/aromatic N) is 1. The second-order valence-electron chi connectivity index (χ2n) is 4.19. The van der Waals surface area contributed by atoms with E-state index in [1.165, 1.54) is 12.3 Å². The van der Waals surface area contributed by atoms with Gasteiger partial charge in [-0.05, 0) is 25.0 Å². The van der Waals surface area contributed by atoms with Crippen molar-refractivity contribution in [3.05, 3.63) is 42.9 Å². The van der Waals surface area contributed by atoms with Gasteiger partial charge in [0.1, 0.15) is 10.7 Å². The van der Waals surface area contributed by atoms with E-state index in [2.05, 4.69) is 6.58 Å². The fourth-order valence-electron chi connectivity index (χ4n) is 2.05. The maximum atomic E-state index is 13.8. The van der Waals surface area contributed by atoms with Crippen LogP contribution < -0.4 is 0 Å². The molecule has 19 heavy (non-hydrogen) atoms. The van der Waals surface area contributed by atoms with E-state index >= 15 is 0 Å². The summed E-state index contributed by atoms with van der Waals surface area (Å²) in [5.74, 6) is -0.584. The van der Waals surface area contributed by atoms with E-state index in [1.54, 1.807) is 22.8 Å². The molecular weight excluding hydrogens is 289 g/mol. The SMILES string of the molecule is C=CCCCn1cc(S(=O)(=O)Cl)c2c(F)cccc21.